The normalized spacial score (nSPS) is 20.1. The van der Waals surface area contributed by atoms with Crippen molar-refractivity contribution < 1.29 is 4.42 Å². The summed E-state index contributed by atoms with van der Waals surface area (Å²) in [5, 5.41) is 3.33. The molecule has 2 heterocycles. The quantitative estimate of drug-likeness (QED) is 0.789. The molecule has 1 N–H and O–H groups in total. The van der Waals surface area contributed by atoms with Gasteiger partial charge < -0.3 is 9.73 Å². The first kappa shape index (κ1) is 9.74. The highest BCUT2D eigenvalue weighted by atomic mass is 16.3. The fraction of sp³-hybridized carbons (Fsp3) is 0.636. The molecule has 0 bridgehead atoms. The molecule has 78 valence electrons. The molecule has 0 spiro atoms. The zero-order chi connectivity index (χ0) is 9.80. The minimum atomic E-state index is 0.711. The zero-order valence-electron chi connectivity index (χ0n) is 8.70. The van der Waals surface area contributed by atoms with Gasteiger partial charge in [0.2, 0.25) is 0 Å². The molecule has 1 aromatic rings. The first-order chi connectivity index (χ1) is 6.88. The Bertz CT molecular complexity index is 250. The topological polar surface area (TPSA) is 28.4 Å². The summed E-state index contributed by atoms with van der Waals surface area (Å²) in [6.45, 7) is 3.31. The third-order valence-corrected chi connectivity index (χ3v) is 2.96. The van der Waals surface area contributed by atoms with E-state index in [0.29, 0.717) is 6.04 Å². The summed E-state index contributed by atoms with van der Waals surface area (Å²) in [5.41, 5.74) is 0. The monoisotopic (exact) mass is 194 g/mol. The van der Waals surface area contributed by atoms with Crippen molar-refractivity contribution in [3.8, 4) is 0 Å². The van der Waals surface area contributed by atoms with Crippen LogP contribution in [-0.4, -0.2) is 31.1 Å². The third-order valence-electron chi connectivity index (χ3n) is 2.96. The van der Waals surface area contributed by atoms with Gasteiger partial charge in [0.15, 0.2) is 0 Å². The largest absolute Gasteiger partial charge is 0.468 e. The van der Waals surface area contributed by atoms with Gasteiger partial charge in [-0.15, -0.1) is 0 Å². The average Bonchev–Trinajstić information content (AvgIpc) is 2.72. The van der Waals surface area contributed by atoms with Crippen molar-refractivity contribution in [2.75, 3.05) is 20.1 Å². The molecular formula is C11H18N2O. The Morgan fingerprint density at radius 1 is 1.50 bits per heavy atom. The smallest absolute Gasteiger partial charge is 0.117 e. The van der Waals surface area contributed by atoms with Gasteiger partial charge >= 0.3 is 0 Å². The van der Waals surface area contributed by atoms with Gasteiger partial charge in [0.1, 0.15) is 5.76 Å². The number of likely N-dealkylation sites (tertiary alicyclic amines) is 1. The van der Waals surface area contributed by atoms with Crippen LogP contribution in [0.25, 0.3) is 0 Å². The summed E-state index contributed by atoms with van der Waals surface area (Å²) >= 11 is 0. The molecule has 1 aliphatic heterocycles. The Balaban J connectivity index is 1.79. The summed E-state index contributed by atoms with van der Waals surface area (Å²) in [6, 6.07) is 4.71. The van der Waals surface area contributed by atoms with Crippen LogP contribution in [0.3, 0.4) is 0 Å². The van der Waals surface area contributed by atoms with Crippen molar-refractivity contribution in [1.82, 2.24) is 10.2 Å². The van der Waals surface area contributed by atoms with Crippen molar-refractivity contribution in [3.63, 3.8) is 0 Å². The highest BCUT2D eigenvalue weighted by Gasteiger charge is 2.17. The number of hydrogen-bond acceptors (Lipinski definition) is 3. The second-order valence-electron chi connectivity index (χ2n) is 3.92. The fourth-order valence-corrected chi connectivity index (χ4v) is 2.00. The predicted molar refractivity (Wildman–Crippen MR) is 56.1 cm³/mol. The van der Waals surface area contributed by atoms with Gasteiger partial charge in [0, 0.05) is 19.1 Å². The minimum absolute atomic E-state index is 0.711. The highest BCUT2D eigenvalue weighted by molar-refractivity contribution is 4.98. The van der Waals surface area contributed by atoms with Gasteiger partial charge in [0.05, 0.1) is 12.8 Å². The minimum Gasteiger partial charge on any atom is -0.468 e. The maximum absolute atomic E-state index is 5.33. The second-order valence-corrected chi connectivity index (χ2v) is 3.92. The van der Waals surface area contributed by atoms with Crippen LogP contribution in [0, 0.1) is 0 Å². The summed E-state index contributed by atoms with van der Waals surface area (Å²) in [5.74, 6) is 1.08. The van der Waals surface area contributed by atoms with E-state index in [1.165, 1.54) is 25.9 Å². The van der Waals surface area contributed by atoms with E-state index in [0.717, 1.165) is 12.3 Å². The Kier molecular flexibility index (Phi) is 3.22. The molecule has 3 heteroatoms. The van der Waals surface area contributed by atoms with E-state index in [2.05, 4.69) is 10.2 Å². The summed E-state index contributed by atoms with van der Waals surface area (Å²) in [6.07, 6.45) is 4.24. The van der Waals surface area contributed by atoms with Crippen LogP contribution in [0.2, 0.25) is 0 Å². The Morgan fingerprint density at radius 2 is 2.29 bits per heavy atom. The van der Waals surface area contributed by atoms with Crippen LogP contribution in [0.5, 0.6) is 0 Å². The van der Waals surface area contributed by atoms with Crippen molar-refractivity contribution in [1.29, 1.82) is 0 Å². The van der Waals surface area contributed by atoms with Crippen LogP contribution in [0.4, 0.5) is 0 Å². The maximum Gasteiger partial charge on any atom is 0.117 e. The Hall–Kier alpha value is -0.800. The van der Waals surface area contributed by atoms with Crippen molar-refractivity contribution in [2.24, 2.45) is 0 Å². The molecule has 2 rings (SSSR count). The van der Waals surface area contributed by atoms with Crippen LogP contribution in [0.1, 0.15) is 18.6 Å². The average molecular weight is 194 g/mol. The molecule has 1 aromatic heterocycles. The molecule has 1 aliphatic rings. The molecule has 3 nitrogen and oxygen atoms in total. The van der Waals surface area contributed by atoms with E-state index in [9.17, 15) is 0 Å². The standard InChI is InChI=1S/C11H18N2O/c1-12-10-4-6-13(7-5-10)9-11-3-2-8-14-11/h2-3,8,10,12H,4-7,9H2,1H3. The van der Waals surface area contributed by atoms with Gasteiger partial charge in [-0.05, 0) is 32.0 Å². The zero-order valence-corrected chi connectivity index (χ0v) is 8.70. The lowest BCUT2D eigenvalue weighted by atomic mass is 10.1. The molecule has 0 saturated carbocycles. The maximum atomic E-state index is 5.33. The molecule has 14 heavy (non-hydrogen) atoms. The van der Waals surface area contributed by atoms with Crippen LogP contribution >= 0.6 is 0 Å². The summed E-state index contributed by atoms with van der Waals surface area (Å²) in [4.78, 5) is 2.45. The number of furan rings is 1. The van der Waals surface area contributed by atoms with E-state index in [1.54, 1.807) is 6.26 Å². The molecule has 0 aliphatic carbocycles. The first-order valence-electron chi connectivity index (χ1n) is 5.30. The fourth-order valence-electron chi connectivity index (χ4n) is 2.00. The molecular weight excluding hydrogens is 176 g/mol. The van der Waals surface area contributed by atoms with Gasteiger partial charge in [-0.2, -0.15) is 0 Å². The van der Waals surface area contributed by atoms with Gasteiger partial charge in [0.25, 0.3) is 0 Å². The number of piperidine rings is 1. The number of rotatable bonds is 3. The molecule has 1 saturated heterocycles. The van der Waals surface area contributed by atoms with Crippen molar-refractivity contribution in [2.45, 2.75) is 25.4 Å². The van der Waals surface area contributed by atoms with E-state index in [-0.39, 0.29) is 0 Å². The van der Waals surface area contributed by atoms with Gasteiger partial charge in [-0.25, -0.2) is 0 Å². The van der Waals surface area contributed by atoms with E-state index in [1.807, 2.05) is 19.2 Å². The Morgan fingerprint density at radius 3 is 2.86 bits per heavy atom. The SMILES string of the molecule is CNC1CCN(Cc2ccco2)CC1. The molecule has 0 amide bonds. The van der Waals surface area contributed by atoms with Crippen molar-refractivity contribution >= 4 is 0 Å². The van der Waals surface area contributed by atoms with E-state index >= 15 is 0 Å². The number of hydrogen-bond donors (Lipinski definition) is 1. The van der Waals surface area contributed by atoms with Crippen LogP contribution in [-0.2, 0) is 6.54 Å². The van der Waals surface area contributed by atoms with Crippen LogP contribution in [0.15, 0.2) is 22.8 Å². The highest BCUT2D eigenvalue weighted by Crippen LogP contribution is 2.13. The molecule has 0 atom stereocenters. The molecule has 0 unspecified atom stereocenters. The van der Waals surface area contributed by atoms with Gasteiger partial charge in [-0.3, -0.25) is 4.90 Å². The molecule has 0 aromatic carbocycles. The first-order valence-corrected chi connectivity index (χ1v) is 5.30. The predicted octanol–water partition coefficient (Wildman–Crippen LogP) is 1.46. The second kappa shape index (κ2) is 4.62. The third kappa shape index (κ3) is 2.36. The lowest BCUT2D eigenvalue weighted by Gasteiger charge is -2.30. The number of nitrogens with one attached hydrogen (secondary N) is 1. The van der Waals surface area contributed by atoms with Crippen LogP contribution < -0.4 is 5.32 Å². The summed E-state index contributed by atoms with van der Waals surface area (Å²) < 4.78 is 5.33. The van der Waals surface area contributed by atoms with Gasteiger partial charge in [-0.1, -0.05) is 0 Å². The number of nitrogens with zero attached hydrogens (tertiary/aromatic N) is 1. The lowest BCUT2D eigenvalue weighted by Crippen LogP contribution is -2.40. The lowest BCUT2D eigenvalue weighted by molar-refractivity contribution is 0.182. The van der Waals surface area contributed by atoms with E-state index in [4.69, 9.17) is 4.42 Å². The summed E-state index contributed by atoms with van der Waals surface area (Å²) in [7, 11) is 2.05. The van der Waals surface area contributed by atoms with E-state index < -0.39 is 0 Å². The Labute approximate surface area is 85.1 Å². The molecule has 1 fully saturated rings. The molecule has 0 radical (unpaired) electrons. The van der Waals surface area contributed by atoms with Crippen molar-refractivity contribution in [3.05, 3.63) is 24.2 Å².